The molecular formula is C16H25N. The van der Waals surface area contributed by atoms with Crippen LogP contribution < -0.4 is 0 Å². The maximum absolute atomic E-state index is 2.69. The lowest BCUT2D eigenvalue weighted by atomic mass is 9.88. The van der Waals surface area contributed by atoms with Gasteiger partial charge < -0.3 is 0 Å². The number of rotatable bonds is 1. The third-order valence-corrected chi connectivity index (χ3v) is 3.99. The van der Waals surface area contributed by atoms with Crippen molar-refractivity contribution in [2.24, 2.45) is 0 Å². The molecule has 17 heavy (non-hydrogen) atoms. The number of hydrogen-bond donors (Lipinski definition) is 0. The summed E-state index contributed by atoms with van der Waals surface area (Å²) in [6.07, 6.45) is 5.57. The van der Waals surface area contributed by atoms with Gasteiger partial charge in [-0.05, 0) is 37.3 Å². The van der Waals surface area contributed by atoms with E-state index in [0.717, 1.165) is 6.04 Å². The SMILES string of the molecule is CC.Cc1ccc2c(c1)CN(C1CCC1)CC2. The highest BCUT2D eigenvalue weighted by atomic mass is 15.2. The van der Waals surface area contributed by atoms with Gasteiger partial charge in [-0.25, -0.2) is 0 Å². The number of nitrogens with zero attached hydrogens (tertiary/aromatic N) is 1. The normalized spacial score (nSPS) is 19.9. The van der Waals surface area contributed by atoms with E-state index in [1.807, 2.05) is 13.8 Å². The molecule has 1 heteroatoms. The van der Waals surface area contributed by atoms with Gasteiger partial charge in [0.05, 0.1) is 0 Å². The van der Waals surface area contributed by atoms with Crippen LogP contribution in [0, 0.1) is 6.92 Å². The molecule has 1 aliphatic heterocycles. The molecule has 0 radical (unpaired) electrons. The van der Waals surface area contributed by atoms with Gasteiger partial charge in [-0.3, -0.25) is 4.90 Å². The first-order chi connectivity index (χ1) is 8.33. The molecule has 1 aliphatic carbocycles. The minimum atomic E-state index is 0.902. The fraction of sp³-hybridized carbons (Fsp3) is 0.625. The molecule has 94 valence electrons. The Morgan fingerprint density at radius 2 is 1.88 bits per heavy atom. The van der Waals surface area contributed by atoms with Crippen LogP contribution in [0.2, 0.25) is 0 Å². The van der Waals surface area contributed by atoms with E-state index in [1.54, 1.807) is 11.1 Å². The molecule has 1 aromatic carbocycles. The lowest BCUT2D eigenvalue weighted by Crippen LogP contribution is -2.42. The van der Waals surface area contributed by atoms with Crippen molar-refractivity contribution in [2.45, 2.75) is 59.0 Å². The van der Waals surface area contributed by atoms with Crippen molar-refractivity contribution >= 4 is 0 Å². The first-order valence-electron chi connectivity index (χ1n) is 7.15. The van der Waals surface area contributed by atoms with Gasteiger partial charge in [-0.1, -0.05) is 44.0 Å². The van der Waals surface area contributed by atoms with E-state index in [-0.39, 0.29) is 0 Å². The van der Waals surface area contributed by atoms with E-state index in [0.29, 0.717) is 0 Å². The topological polar surface area (TPSA) is 3.24 Å². The van der Waals surface area contributed by atoms with E-state index < -0.39 is 0 Å². The fourth-order valence-corrected chi connectivity index (χ4v) is 2.77. The molecule has 1 aromatic rings. The zero-order chi connectivity index (χ0) is 12.3. The van der Waals surface area contributed by atoms with Gasteiger partial charge in [-0.2, -0.15) is 0 Å². The van der Waals surface area contributed by atoms with E-state index in [2.05, 4.69) is 30.0 Å². The van der Waals surface area contributed by atoms with E-state index >= 15 is 0 Å². The van der Waals surface area contributed by atoms with Gasteiger partial charge in [0.15, 0.2) is 0 Å². The maximum atomic E-state index is 2.69. The number of fused-ring (bicyclic) bond motifs is 1. The third-order valence-electron chi connectivity index (χ3n) is 3.99. The molecule has 3 rings (SSSR count). The molecule has 2 aliphatic rings. The van der Waals surface area contributed by atoms with Crippen LogP contribution in [0.4, 0.5) is 0 Å². The Labute approximate surface area is 106 Å². The van der Waals surface area contributed by atoms with Crippen LogP contribution in [0.25, 0.3) is 0 Å². The van der Waals surface area contributed by atoms with Crippen molar-refractivity contribution in [1.29, 1.82) is 0 Å². The zero-order valence-corrected chi connectivity index (χ0v) is 11.5. The summed E-state index contributed by atoms with van der Waals surface area (Å²) in [6.45, 7) is 8.67. The minimum absolute atomic E-state index is 0.902. The Balaban J connectivity index is 0.000000514. The predicted molar refractivity (Wildman–Crippen MR) is 74.3 cm³/mol. The Morgan fingerprint density at radius 1 is 1.12 bits per heavy atom. The van der Waals surface area contributed by atoms with Crippen molar-refractivity contribution in [1.82, 2.24) is 4.90 Å². The van der Waals surface area contributed by atoms with Crippen molar-refractivity contribution in [3.63, 3.8) is 0 Å². The van der Waals surface area contributed by atoms with Crippen LogP contribution in [-0.2, 0) is 13.0 Å². The first-order valence-corrected chi connectivity index (χ1v) is 7.15. The standard InChI is InChI=1S/C14H19N.C2H6/c1-11-5-6-12-7-8-15(10-13(12)9-11)14-3-2-4-14;1-2/h5-6,9,14H,2-4,7-8,10H2,1H3;1-2H3. The summed E-state index contributed by atoms with van der Waals surface area (Å²) in [7, 11) is 0. The molecule has 1 saturated carbocycles. The summed E-state index contributed by atoms with van der Waals surface area (Å²) >= 11 is 0. The molecule has 0 bridgehead atoms. The summed E-state index contributed by atoms with van der Waals surface area (Å²) < 4.78 is 0. The van der Waals surface area contributed by atoms with Crippen molar-refractivity contribution in [3.05, 3.63) is 34.9 Å². The van der Waals surface area contributed by atoms with Crippen LogP contribution in [0.5, 0.6) is 0 Å². The molecule has 0 amide bonds. The van der Waals surface area contributed by atoms with Crippen LogP contribution in [0.3, 0.4) is 0 Å². The molecule has 0 saturated heterocycles. The second kappa shape index (κ2) is 5.68. The second-order valence-electron chi connectivity index (χ2n) is 5.08. The van der Waals surface area contributed by atoms with Gasteiger partial charge in [0.2, 0.25) is 0 Å². The molecule has 0 unspecified atom stereocenters. The second-order valence-corrected chi connectivity index (χ2v) is 5.08. The van der Waals surface area contributed by atoms with Crippen molar-refractivity contribution in [3.8, 4) is 0 Å². The third kappa shape index (κ3) is 2.71. The van der Waals surface area contributed by atoms with Crippen LogP contribution >= 0.6 is 0 Å². The summed E-state index contributed by atoms with van der Waals surface area (Å²) in [5.41, 5.74) is 4.56. The van der Waals surface area contributed by atoms with Crippen LogP contribution in [-0.4, -0.2) is 17.5 Å². The number of hydrogen-bond acceptors (Lipinski definition) is 1. The highest BCUT2D eigenvalue weighted by molar-refractivity contribution is 5.33. The zero-order valence-electron chi connectivity index (χ0n) is 11.5. The Morgan fingerprint density at radius 3 is 2.53 bits per heavy atom. The molecule has 0 spiro atoms. The van der Waals surface area contributed by atoms with Crippen LogP contribution in [0.15, 0.2) is 18.2 Å². The van der Waals surface area contributed by atoms with Gasteiger partial charge >= 0.3 is 0 Å². The minimum Gasteiger partial charge on any atom is -0.296 e. The first kappa shape index (κ1) is 12.6. The lowest BCUT2D eigenvalue weighted by molar-refractivity contribution is 0.113. The van der Waals surface area contributed by atoms with Crippen LogP contribution in [0.1, 0.15) is 49.8 Å². The summed E-state index contributed by atoms with van der Waals surface area (Å²) in [4.78, 5) is 2.69. The molecule has 1 nitrogen and oxygen atoms in total. The van der Waals surface area contributed by atoms with E-state index in [9.17, 15) is 0 Å². The van der Waals surface area contributed by atoms with E-state index in [4.69, 9.17) is 0 Å². The van der Waals surface area contributed by atoms with Gasteiger partial charge in [-0.15, -0.1) is 0 Å². The smallest absolute Gasteiger partial charge is 0.0239 e. The Bertz CT molecular complexity index is 366. The predicted octanol–water partition coefficient (Wildman–Crippen LogP) is 3.93. The molecule has 1 fully saturated rings. The highest BCUT2D eigenvalue weighted by Crippen LogP contribution is 2.29. The Kier molecular flexibility index (Phi) is 4.22. The fourth-order valence-electron chi connectivity index (χ4n) is 2.77. The average Bonchev–Trinajstić information content (AvgIpc) is 2.29. The largest absolute Gasteiger partial charge is 0.296 e. The summed E-state index contributed by atoms with van der Waals surface area (Å²) in [6, 6.07) is 7.85. The molecule has 1 heterocycles. The number of benzene rings is 1. The lowest BCUT2D eigenvalue weighted by Gasteiger charge is -2.40. The van der Waals surface area contributed by atoms with Gasteiger partial charge in [0, 0.05) is 19.1 Å². The Hall–Kier alpha value is -0.820. The van der Waals surface area contributed by atoms with Crippen molar-refractivity contribution in [2.75, 3.05) is 6.54 Å². The molecule has 0 aromatic heterocycles. The highest BCUT2D eigenvalue weighted by Gasteiger charge is 2.27. The summed E-state index contributed by atoms with van der Waals surface area (Å²) in [5.74, 6) is 0. The van der Waals surface area contributed by atoms with Crippen molar-refractivity contribution < 1.29 is 0 Å². The molecule has 0 N–H and O–H groups in total. The maximum Gasteiger partial charge on any atom is 0.0239 e. The number of aryl methyl sites for hydroxylation is 1. The average molecular weight is 231 g/mol. The summed E-state index contributed by atoms with van der Waals surface area (Å²) in [5, 5.41) is 0. The van der Waals surface area contributed by atoms with E-state index in [1.165, 1.54) is 44.3 Å². The molecule has 0 atom stereocenters. The van der Waals surface area contributed by atoms with Gasteiger partial charge in [0.1, 0.15) is 0 Å². The van der Waals surface area contributed by atoms with Gasteiger partial charge in [0.25, 0.3) is 0 Å². The quantitative estimate of drug-likeness (QED) is 0.708. The monoisotopic (exact) mass is 231 g/mol. The molecular weight excluding hydrogens is 206 g/mol.